The molecule has 1 saturated carbocycles. The highest BCUT2D eigenvalue weighted by Gasteiger charge is 2.27. The van der Waals surface area contributed by atoms with Gasteiger partial charge in [0.05, 0.1) is 11.7 Å². The van der Waals surface area contributed by atoms with Crippen LogP contribution >= 0.6 is 0 Å². The summed E-state index contributed by atoms with van der Waals surface area (Å²) in [7, 11) is 0. The second-order valence-corrected chi connectivity index (χ2v) is 5.32. The maximum Gasteiger partial charge on any atom is 0.146 e. The molecule has 1 atom stereocenters. The first kappa shape index (κ1) is 13.1. The summed E-state index contributed by atoms with van der Waals surface area (Å²) >= 11 is 0. The average Bonchev–Trinajstić information content (AvgIpc) is 3.31. The largest absolute Gasteiger partial charge is 0.375 e. The highest BCUT2D eigenvalue weighted by Crippen LogP contribution is 2.43. The summed E-state index contributed by atoms with van der Waals surface area (Å²) in [6.07, 6.45) is 2.49. The highest BCUT2D eigenvalue weighted by molar-refractivity contribution is 5.48. The third kappa shape index (κ3) is 2.68. The van der Waals surface area contributed by atoms with E-state index in [4.69, 9.17) is 5.73 Å². The third-order valence-corrected chi connectivity index (χ3v) is 3.83. The fourth-order valence-electron chi connectivity index (χ4n) is 2.62. The Morgan fingerprint density at radius 3 is 2.50 bits per heavy atom. The van der Waals surface area contributed by atoms with Gasteiger partial charge in [0.25, 0.3) is 0 Å². The maximum absolute atomic E-state index is 13.8. The van der Waals surface area contributed by atoms with Crippen LogP contribution in [0, 0.1) is 5.82 Å². The lowest BCUT2D eigenvalue weighted by Crippen LogP contribution is -2.22. The summed E-state index contributed by atoms with van der Waals surface area (Å²) in [5.41, 5.74) is 8.96. The third-order valence-electron chi connectivity index (χ3n) is 3.83. The number of rotatable bonds is 5. The van der Waals surface area contributed by atoms with Gasteiger partial charge in [-0.3, -0.25) is 0 Å². The quantitative estimate of drug-likeness (QED) is 0.867. The van der Waals surface area contributed by atoms with Crippen LogP contribution in [0.25, 0.3) is 0 Å². The molecule has 2 aromatic carbocycles. The molecule has 0 amide bonds. The van der Waals surface area contributed by atoms with E-state index in [2.05, 4.69) is 23.5 Å². The zero-order valence-corrected chi connectivity index (χ0v) is 11.4. The van der Waals surface area contributed by atoms with Gasteiger partial charge in [0.2, 0.25) is 0 Å². The average molecular weight is 270 g/mol. The summed E-state index contributed by atoms with van der Waals surface area (Å²) in [5.74, 6) is 0.414. The van der Waals surface area contributed by atoms with Crippen LogP contribution in [0.4, 0.5) is 10.1 Å². The van der Waals surface area contributed by atoms with Gasteiger partial charge in [-0.05, 0) is 42.0 Å². The van der Waals surface area contributed by atoms with Gasteiger partial charge in [-0.1, -0.05) is 36.4 Å². The SMILES string of the molecule is NCC(Nc1ccccc1F)c1ccccc1C1CC1. The summed E-state index contributed by atoms with van der Waals surface area (Å²) < 4.78 is 13.8. The maximum atomic E-state index is 13.8. The Labute approximate surface area is 118 Å². The molecule has 104 valence electrons. The van der Waals surface area contributed by atoms with Gasteiger partial charge in [0.15, 0.2) is 0 Å². The molecular formula is C17H19FN2. The number of nitrogens with one attached hydrogen (secondary N) is 1. The summed E-state index contributed by atoms with van der Waals surface area (Å²) in [5, 5.41) is 3.24. The Morgan fingerprint density at radius 2 is 1.80 bits per heavy atom. The van der Waals surface area contributed by atoms with Crippen molar-refractivity contribution in [1.29, 1.82) is 0 Å². The van der Waals surface area contributed by atoms with Gasteiger partial charge in [-0.15, -0.1) is 0 Å². The molecule has 0 spiro atoms. The second kappa shape index (κ2) is 5.63. The van der Waals surface area contributed by atoms with Gasteiger partial charge in [0.1, 0.15) is 5.82 Å². The molecule has 0 radical (unpaired) electrons. The van der Waals surface area contributed by atoms with Crippen LogP contribution in [0.1, 0.15) is 35.9 Å². The minimum absolute atomic E-state index is 0.0521. The molecule has 0 aliphatic heterocycles. The Kier molecular flexibility index (Phi) is 3.70. The molecule has 0 saturated heterocycles. The van der Waals surface area contributed by atoms with Crippen molar-refractivity contribution in [2.45, 2.75) is 24.8 Å². The van der Waals surface area contributed by atoms with E-state index >= 15 is 0 Å². The van der Waals surface area contributed by atoms with Gasteiger partial charge in [0, 0.05) is 6.54 Å². The zero-order chi connectivity index (χ0) is 13.9. The van der Waals surface area contributed by atoms with E-state index in [9.17, 15) is 4.39 Å². The normalized spacial score (nSPS) is 15.9. The molecule has 0 aromatic heterocycles. The van der Waals surface area contributed by atoms with Crippen LogP contribution in [0.3, 0.4) is 0 Å². The van der Waals surface area contributed by atoms with Crippen molar-refractivity contribution >= 4 is 5.69 Å². The summed E-state index contributed by atoms with van der Waals surface area (Å²) in [6, 6.07) is 15.0. The zero-order valence-electron chi connectivity index (χ0n) is 11.4. The van der Waals surface area contributed by atoms with E-state index < -0.39 is 0 Å². The van der Waals surface area contributed by atoms with E-state index in [-0.39, 0.29) is 11.9 Å². The van der Waals surface area contributed by atoms with E-state index in [0.29, 0.717) is 18.2 Å². The smallest absolute Gasteiger partial charge is 0.146 e. The van der Waals surface area contributed by atoms with E-state index in [0.717, 1.165) is 0 Å². The van der Waals surface area contributed by atoms with Crippen molar-refractivity contribution < 1.29 is 4.39 Å². The molecule has 2 nitrogen and oxygen atoms in total. The number of halogens is 1. The second-order valence-electron chi connectivity index (χ2n) is 5.32. The Hall–Kier alpha value is -1.87. The molecular weight excluding hydrogens is 251 g/mol. The predicted molar refractivity (Wildman–Crippen MR) is 80.2 cm³/mol. The molecule has 3 heteroatoms. The molecule has 1 aliphatic carbocycles. The van der Waals surface area contributed by atoms with E-state index in [1.165, 1.54) is 30.0 Å². The Bertz CT molecular complexity index is 593. The highest BCUT2D eigenvalue weighted by atomic mass is 19.1. The lowest BCUT2D eigenvalue weighted by molar-refractivity contribution is 0.625. The first-order valence-electron chi connectivity index (χ1n) is 7.09. The fourth-order valence-corrected chi connectivity index (χ4v) is 2.62. The topological polar surface area (TPSA) is 38.0 Å². The van der Waals surface area contributed by atoms with Crippen molar-refractivity contribution in [3.05, 3.63) is 65.5 Å². The number of benzene rings is 2. The minimum atomic E-state index is -0.241. The van der Waals surface area contributed by atoms with Crippen LogP contribution < -0.4 is 11.1 Å². The van der Waals surface area contributed by atoms with Gasteiger partial charge >= 0.3 is 0 Å². The monoisotopic (exact) mass is 270 g/mol. The fraction of sp³-hybridized carbons (Fsp3) is 0.294. The van der Waals surface area contributed by atoms with E-state index in [1.54, 1.807) is 12.1 Å². The first-order valence-corrected chi connectivity index (χ1v) is 7.09. The lowest BCUT2D eigenvalue weighted by Gasteiger charge is -2.22. The Morgan fingerprint density at radius 1 is 1.10 bits per heavy atom. The van der Waals surface area contributed by atoms with Crippen molar-refractivity contribution in [1.82, 2.24) is 0 Å². The number of hydrogen-bond acceptors (Lipinski definition) is 2. The van der Waals surface area contributed by atoms with Gasteiger partial charge in [-0.2, -0.15) is 0 Å². The molecule has 20 heavy (non-hydrogen) atoms. The molecule has 3 N–H and O–H groups in total. The number of anilines is 1. The van der Waals surface area contributed by atoms with E-state index in [1.807, 2.05) is 12.1 Å². The number of para-hydroxylation sites is 1. The van der Waals surface area contributed by atoms with Crippen LogP contribution in [0.2, 0.25) is 0 Å². The predicted octanol–water partition coefficient (Wildman–Crippen LogP) is 3.82. The lowest BCUT2D eigenvalue weighted by atomic mass is 9.97. The van der Waals surface area contributed by atoms with Crippen molar-refractivity contribution in [2.24, 2.45) is 5.73 Å². The van der Waals surface area contributed by atoms with Crippen molar-refractivity contribution in [3.63, 3.8) is 0 Å². The van der Waals surface area contributed by atoms with Crippen molar-refractivity contribution in [3.8, 4) is 0 Å². The molecule has 0 bridgehead atoms. The Balaban J connectivity index is 1.89. The van der Waals surface area contributed by atoms with Crippen LogP contribution in [0.5, 0.6) is 0 Å². The van der Waals surface area contributed by atoms with Crippen LogP contribution in [-0.4, -0.2) is 6.54 Å². The minimum Gasteiger partial charge on any atom is -0.375 e. The van der Waals surface area contributed by atoms with Crippen LogP contribution in [0.15, 0.2) is 48.5 Å². The van der Waals surface area contributed by atoms with Gasteiger partial charge in [-0.25, -0.2) is 4.39 Å². The molecule has 3 rings (SSSR count). The standard InChI is InChI=1S/C17H19FN2/c18-15-7-3-4-8-16(15)20-17(11-19)14-6-2-1-5-13(14)12-9-10-12/h1-8,12,17,20H,9-11,19H2. The number of hydrogen-bond donors (Lipinski definition) is 2. The summed E-state index contributed by atoms with van der Waals surface area (Å²) in [4.78, 5) is 0. The molecule has 0 heterocycles. The summed E-state index contributed by atoms with van der Waals surface area (Å²) in [6.45, 7) is 0.443. The van der Waals surface area contributed by atoms with Gasteiger partial charge < -0.3 is 11.1 Å². The first-order chi connectivity index (χ1) is 9.79. The molecule has 1 fully saturated rings. The van der Waals surface area contributed by atoms with Crippen molar-refractivity contribution in [2.75, 3.05) is 11.9 Å². The molecule has 2 aromatic rings. The van der Waals surface area contributed by atoms with Crippen LogP contribution in [-0.2, 0) is 0 Å². The molecule has 1 unspecified atom stereocenters. The molecule has 1 aliphatic rings. The number of nitrogens with two attached hydrogens (primary N) is 1.